The molecule has 0 atom stereocenters. The molecule has 5 nitrogen and oxygen atoms in total. The fourth-order valence-electron chi connectivity index (χ4n) is 1.29. The minimum absolute atomic E-state index is 0.256. The topological polar surface area (TPSA) is 67.4 Å². The Hall–Kier alpha value is -2.22. The molecule has 0 aliphatic heterocycles. The second kappa shape index (κ2) is 3.88. The van der Waals surface area contributed by atoms with Crippen LogP contribution >= 0.6 is 0 Å². The van der Waals surface area contributed by atoms with E-state index in [9.17, 15) is 0 Å². The van der Waals surface area contributed by atoms with E-state index in [-0.39, 0.29) is 6.54 Å². The van der Waals surface area contributed by atoms with Gasteiger partial charge in [0, 0.05) is 18.1 Å². The van der Waals surface area contributed by atoms with Gasteiger partial charge in [-0.1, -0.05) is 0 Å². The van der Waals surface area contributed by atoms with Gasteiger partial charge in [0.15, 0.2) is 0 Å². The smallest absolute Gasteiger partial charge is 0.128 e. The number of nitrogens with zero attached hydrogens (tertiary/aromatic N) is 5. The van der Waals surface area contributed by atoms with Gasteiger partial charge < -0.3 is 0 Å². The summed E-state index contributed by atoms with van der Waals surface area (Å²) in [4.78, 5) is 8.11. The molecule has 0 fully saturated rings. The summed E-state index contributed by atoms with van der Waals surface area (Å²) in [7, 11) is 0. The van der Waals surface area contributed by atoms with Gasteiger partial charge in [-0.3, -0.25) is 14.6 Å². The van der Waals surface area contributed by atoms with Crippen LogP contribution < -0.4 is 0 Å². The molecule has 0 amide bonds. The van der Waals surface area contributed by atoms with Crippen molar-refractivity contribution in [3.8, 4) is 17.5 Å². The summed E-state index contributed by atoms with van der Waals surface area (Å²) in [5.74, 6) is 0. The number of hydrogen-bond acceptors (Lipinski definition) is 4. The Morgan fingerprint density at radius 3 is 2.93 bits per heavy atom. The second-order valence-corrected chi connectivity index (χ2v) is 3.08. The number of aromatic nitrogens is 4. The van der Waals surface area contributed by atoms with Crippen LogP contribution in [0.5, 0.6) is 0 Å². The summed E-state index contributed by atoms with van der Waals surface area (Å²) in [6, 6.07) is 3.94. The van der Waals surface area contributed by atoms with Crippen LogP contribution in [0.2, 0.25) is 0 Å². The van der Waals surface area contributed by atoms with Gasteiger partial charge in [0.05, 0.1) is 12.3 Å². The van der Waals surface area contributed by atoms with Gasteiger partial charge >= 0.3 is 0 Å². The Balaban J connectivity index is 2.40. The molecular weight excluding hydrogens is 190 g/mol. The van der Waals surface area contributed by atoms with Crippen molar-refractivity contribution in [3.63, 3.8) is 0 Å². The van der Waals surface area contributed by atoms with Gasteiger partial charge in [0.25, 0.3) is 0 Å². The first-order valence-electron chi connectivity index (χ1n) is 4.49. The molecule has 2 rings (SSSR count). The molecule has 0 aliphatic rings. The lowest BCUT2D eigenvalue weighted by molar-refractivity contribution is 0.688. The van der Waals surface area contributed by atoms with Crippen molar-refractivity contribution in [2.45, 2.75) is 13.5 Å². The van der Waals surface area contributed by atoms with E-state index >= 15 is 0 Å². The van der Waals surface area contributed by atoms with Crippen LogP contribution in [0.25, 0.3) is 11.4 Å². The average molecular weight is 199 g/mol. The van der Waals surface area contributed by atoms with E-state index in [4.69, 9.17) is 5.26 Å². The first-order chi connectivity index (χ1) is 7.31. The Morgan fingerprint density at radius 1 is 1.40 bits per heavy atom. The molecule has 15 heavy (non-hydrogen) atoms. The zero-order valence-corrected chi connectivity index (χ0v) is 8.25. The minimum atomic E-state index is 0.256. The average Bonchev–Trinajstić information content (AvgIpc) is 2.63. The summed E-state index contributed by atoms with van der Waals surface area (Å²) in [5, 5.41) is 12.8. The highest BCUT2D eigenvalue weighted by Crippen LogP contribution is 2.14. The van der Waals surface area contributed by atoms with E-state index in [1.54, 1.807) is 23.3 Å². The monoisotopic (exact) mass is 199 g/mol. The van der Waals surface area contributed by atoms with Crippen molar-refractivity contribution in [3.05, 3.63) is 30.4 Å². The van der Waals surface area contributed by atoms with E-state index in [1.807, 2.05) is 13.0 Å². The third-order valence-electron chi connectivity index (χ3n) is 2.03. The van der Waals surface area contributed by atoms with E-state index < -0.39 is 0 Å². The molecule has 5 heteroatoms. The van der Waals surface area contributed by atoms with Crippen LogP contribution in [-0.4, -0.2) is 19.7 Å². The quantitative estimate of drug-likeness (QED) is 0.728. The molecule has 74 valence electrons. The Labute approximate surface area is 87.0 Å². The lowest BCUT2D eigenvalue weighted by atomic mass is 10.3. The summed E-state index contributed by atoms with van der Waals surface area (Å²) in [6.07, 6.45) is 4.88. The van der Waals surface area contributed by atoms with Crippen LogP contribution in [0.1, 0.15) is 5.69 Å². The fraction of sp³-hybridized carbons (Fsp3) is 0.200. The van der Waals surface area contributed by atoms with Gasteiger partial charge in [-0.15, -0.1) is 0 Å². The van der Waals surface area contributed by atoms with E-state index in [0.717, 1.165) is 17.1 Å². The second-order valence-electron chi connectivity index (χ2n) is 3.08. The van der Waals surface area contributed by atoms with Crippen LogP contribution in [0.3, 0.4) is 0 Å². The first kappa shape index (κ1) is 9.34. The summed E-state index contributed by atoms with van der Waals surface area (Å²) >= 11 is 0. The third kappa shape index (κ3) is 1.83. The molecule has 0 N–H and O–H groups in total. The van der Waals surface area contributed by atoms with Crippen molar-refractivity contribution in [2.75, 3.05) is 0 Å². The number of nitriles is 1. The molecule has 0 aliphatic carbocycles. The Morgan fingerprint density at radius 2 is 2.27 bits per heavy atom. The predicted octanol–water partition coefficient (Wildman–Crippen LogP) is 1.17. The number of aryl methyl sites for hydroxylation is 1. The summed E-state index contributed by atoms with van der Waals surface area (Å²) in [6.45, 7) is 2.16. The number of rotatable bonds is 2. The van der Waals surface area contributed by atoms with Gasteiger partial charge in [0.2, 0.25) is 0 Å². The maximum Gasteiger partial charge on any atom is 0.128 e. The van der Waals surface area contributed by atoms with Gasteiger partial charge in [-0.05, 0) is 13.0 Å². The molecule has 0 aromatic carbocycles. The molecule has 2 aromatic heterocycles. The van der Waals surface area contributed by atoms with Crippen molar-refractivity contribution in [2.24, 2.45) is 0 Å². The van der Waals surface area contributed by atoms with Crippen molar-refractivity contribution in [1.82, 2.24) is 19.7 Å². The molecule has 0 saturated heterocycles. The molecule has 0 radical (unpaired) electrons. The normalized spacial score (nSPS) is 9.87. The van der Waals surface area contributed by atoms with E-state index in [2.05, 4.69) is 21.1 Å². The molecule has 0 unspecified atom stereocenters. The highest BCUT2D eigenvalue weighted by Gasteiger charge is 2.06. The van der Waals surface area contributed by atoms with Gasteiger partial charge in [-0.2, -0.15) is 10.4 Å². The van der Waals surface area contributed by atoms with Crippen LogP contribution in [0, 0.1) is 18.3 Å². The Bertz CT molecular complexity index is 494. The van der Waals surface area contributed by atoms with Crippen LogP contribution in [0.15, 0.2) is 24.7 Å². The molecule has 0 spiro atoms. The third-order valence-corrected chi connectivity index (χ3v) is 2.03. The maximum atomic E-state index is 8.59. The maximum absolute atomic E-state index is 8.59. The van der Waals surface area contributed by atoms with Crippen molar-refractivity contribution >= 4 is 0 Å². The highest BCUT2D eigenvalue weighted by molar-refractivity contribution is 5.52. The predicted molar refractivity (Wildman–Crippen MR) is 53.6 cm³/mol. The molecule has 0 saturated carbocycles. The van der Waals surface area contributed by atoms with Gasteiger partial charge in [-0.25, -0.2) is 0 Å². The zero-order chi connectivity index (χ0) is 10.7. The number of hydrogen-bond donors (Lipinski definition) is 0. The minimum Gasteiger partial charge on any atom is -0.261 e. The fourth-order valence-corrected chi connectivity index (χ4v) is 1.29. The van der Waals surface area contributed by atoms with Crippen molar-refractivity contribution < 1.29 is 0 Å². The van der Waals surface area contributed by atoms with Gasteiger partial charge in [0.1, 0.15) is 17.9 Å². The first-order valence-corrected chi connectivity index (χ1v) is 4.49. The molecule has 0 bridgehead atoms. The van der Waals surface area contributed by atoms with Crippen LogP contribution in [0.4, 0.5) is 0 Å². The molecular formula is C10H9N5. The lowest BCUT2D eigenvalue weighted by Crippen LogP contribution is -2.00. The van der Waals surface area contributed by atoms with Crippen molar-refractivity contribution in [1.29, 1.82) is 5.26 Å². The SMILES string of the molecule is Cc1cc(-c2cnccn2)nn1CC#N. The summed E-state index contributed by atoms with van der Waals surface area (Å²) in [5.41, 5.74) is 2.41. The molecule has 2 heterocycles. The largest absolute Gasteiger partial charge is 0.261 e. The van der Waals surface area contributed by atoms with E-state index in [0.29, 0.717) is 0 Å². The Kier molecular flexibility index (Phi) is 2.42. The highest BCUT2D eigenvalue weighted by atomic mass is 15.3. The van der Waals surface area contributed by atoms with Crippen LogP contribution in [-0.2, 0) is 6.54 Å². The zero-order valence-electron chi connectivity index (χ0n) is 8.25. The van der Waals surface area contributed by atoms with E-state index in [1.165, 1.54) is 0 Å². The lowest BCUT2D eigenvalue weighted by Gasteiger charge is -1.94. The standard InChI is InChI=1S/C10H9N5/c1-8-6-9(14-15(8)5-2-11)10-7-12-3-4-13-10/h3-4,6-7H,5H2,1H3. The molecule has 2 aromatic rings. The summed E-state index contributed by atoms with van der Waals surface area (Å²) < 4.78 is 1.64.